The second kappa shape index (κ2) is 8.63. The first kappa shape index (κ1) is 18.8. The van der Waals surface area contributed by atoms with Crippen LogP contribution in [-0.4, -0.2) is 42.0 Å². The molecule has 2 aromatic rings. The molecule has 1 aliphatic rings. The predicted octanol–water partition coefficient (Wildman–Crippen LogP) is 4.09. The van der Waals surface area contributed by atoms with E-state index in [0.29, 0.717) is 5.56 Å². The molecule has 1 saturated heterocycles. The van der Waals surface area contributed by atoms with E-state index >= 15 is 0 Å². The molecule has 3 rings (SSSR count). The Balaban J connectivity index is 1.47. The highest BCUT2D eigenvalue weighted by molar-refractivity contribution is 5.98. The summed E-state index contributed by atoms with van der Waals surface area (Å²) in [5.41, 5.74) is 3.61. The number of unbranched alkanes of at least 4 members (excludes halogenated alkanes) is 1. The number of hydrogen-bond donors (Lipinski definition) is 1. The highest BCUT2D eigenvalue weighted by Crippen LogP contribution is 2.18. The molecule has 0 saturated carbocycles. The molecular formula is C22H31N3O. The van der Waals surface area contributed by atoms with Gasteiger partial charge in [0, 0.05) is 11.9 Å². The molecule has 1 fully saturated rings. The summed E-state index contributed by atoms with van der Waals surface area (Å²) in [6.07, 6.45) is 4.81. The van der Waals surface area contributed by atoms with Crippen LogP contribution in [0, 0.1) is 19.8 Å². The number of piperidine rings is 1. The van der Waals surface area contributed by atoms with Gasteiger partial charge >= 0.3 is 0 Å². The fraction of sp³-hybridized carbons (Fsp3) is 0.545. The zero-order valence-electron chi connectivity index (χ0n) is 16.3. The van der Waals surface area contributed by atoms with Crippen molar-refractivity contribution in [1.29, 1.82) is 0 Å². The number of benzene rings is 1. The quantitative estimate of drug-likeness (QED) is 0.796. The van der Waals surface area contributed by atoms with E-state index in [1.165, 1.54) is 31.5 Å². The molecule has 0 atom stereocenters. The average molecular weight is 354 g/mol. The van der Waals surface area contributed by atoms with Gasteiger partial charge in [0.25, 0.3) is 5.91 Å². The summed E-state index contributed by atoms with van der Waals surface area (Å²) < 4.78 is 0. The number of nitrogens with one attached hydrogen (secondary N) is 1. The molecule has 1 aliphatic heterocycles. The van der Waals surface area contributed by atoms with Crippen LogP contribution in [0.3, 0.4) is 0 Å². The van der Waals surface area contributed by atoms with Crippen molar-refractivity contribution >= 4 is 16.8 Å². The van der Waals surface area contributed by atoms with E-state index in [4.69, 9.17) is 0 Å². The van der Waals surface area contributed by atoms with E-state index in [9.17, 15) is 4.79 Å². The fourth-order valence-corrected chi connectivity index (χ4v) is 3.67. The lowest BCUT2D eigenvalue weighted by atomic mass is 9.99. The van der Waals surface area contributed by atoms with Crippen molar-refractivity contribution in [2.24, 2.45) is 5.92 Å². The monoisotopic (exact) mass is 353 g/mol. The van der Waals surface area contributed by atoms with Gasteiger partial charge in [0.2, 0.25) is 0 Å². The van der Waals surface area contributed by atoms with Crippen LogP contribution >= 0.6 is 0 Å². The lowest BCUT2D eigenvalue weighted by molar-refractivity contribution is 0.0951. The van der Waals surface area contributed by atoms with Gasteiger partial charge in [0.15, 0.2) is 0 Å². The third-order valence-corrected chi connectivity index (χ3v) is 5.47. The number of fused-ring (bicyclic) bond motifs is 1. The largest absolute Gasteiger partial charge is 0.352 e. The van der Waals surface area contributed by atoms with Crippen LogP contribution in [0.25, 0.3) is 10.9 Å². The Morgan fingerprint density at radius 3 is 2.73 bits per heavy atom. The lowest BCUT2D eigenvalue weighted by Gasteiger charge is -2.30. The number of likely N-dealkylation sites (tertiary alicyclic amines) is 1. The van der Waals surface area contributed by atoms with Gasteiger partial charge in [-0.1, -0.05) is 18.6 Å². The van der Waals surface area contributed by atoms with Gasteiger partial charge in [0.05, 0.1) is 16.8 Å². The van der Waals surface area contributed by atoms with Crippen LogP contribution < -0.4 is 5.32 Å². The third kappa shape index (κ3) is 4.82. The molecule has 2 heterocycles. The SMILES string of the molecule is Cc1ccc2nc(C)c(C(=O)NCCCCN3CCC(C)CC3)cc2c1. The maximum Gasteiger partial charge on any atom is 0.253 e. The fourth-order valence-electron chi connectivity index (χ4n) is 3.67. The number of aromatic nitrogens is 1. The first-order valence-electron chi connectivity index (χ1n) is 9.91. The zero-order chi connectivity index (χ0) is 18.5. The molecule has 0 radical (unpaired) electrons. The minimum Gasteiger partial charge on any atom is -0.352 e. The van der Waals surface area contributed by atoms with Crippen LogP contribution in [0.5, 0.6) is 0 Å². The maximum atomic E-state index is 12.5. The smallest absolute Gasteiger partial charge is 0.253 e. The molecule has 0 spiro atoms. The number of nitrogens with zero attached hydrogens (tertiary/aromatic N) is 2. The van der Waals surface area contributed by atoms with Crippen LogP contribution in [-0.2, 0) is 0 Å². The summed E-state index contributed by atoms with van der Waals surface area (Å²) in [6.45, 7) is 10.7. The Kier molecular flexibility index (Phi) is 6.25. The normalized spacial score (nSPS) is 16.1. The highest BCUT2D eigenvalue weighted by Gasteiger charge is 2.15. The van der Waals surface area contributed by atoms with Gasteiger partial charge in [-0.05, 0) is 83.3 Å². The summed E-state index contributed by atoms with van der Waals surface area (Å²) in [4.78, 5) is 19.7. The molecule has 1 amide bonds. The molecular weight excluding hydrogens is 322 g/mol. The van der Waals surface area contributed by atoms with Crippen LogP contribution in [0.1, 0.15) is 54.2 Å². The molecule has 26 heavy (non-hydrogen) atoms. The average Bonchev–Trinajstić information content (AvgIpc) is 2.62. The van der Waals surface area contributed by atoms with E-state index in [2.05, 4.69) is 41.2 Å². The topological polar surface area (TPSA) is 45.2 Å². The van der Waals surface area contributed by atoms with Crippen LogP contribution in [0.2, 0.25) is 0 Å². The number of aryl methyl sites for hydroxylation is 2. The minimum absolute atomic E-state index is 0.00907. The van der Waals surface area contributed by atoms with Gasteiger partial charge in [-0.2, -0.15) is 0 Å². The van der Waals surface area contributed by atoms with Crippen molar-refractivity contribution in [2.75, 3.05) is 26.2 Å². The lowest BCUT2D eigenvalue weighted by Crippen LogP contribution is -2.34. The van der Waals surface area contributed by atoms with Crippen molar-refractivity contribution in [3.8, 4) is 0 Å². The summed E-state index contributed by atoms with van der Waals surface area (Å²) in [5, 5.41) is 4.09. The molecule has 4 heteroatoms. The molecule has 1 aromatic carbocycles. The second-order valence-corrected chi connectivity index (χ2v) is 7.80. The number of rotatable bonds is 6. The molecule has 0 unspecified atom stereocenters. The number of carbonyl (C=O) groups excluding carboxylic acids is 1. The standard InChI is InChI=1S/C22H31N3O/c1-16-8-12-25(13-9-16)11-5-4-10-23-22(26)20-15-19-14-17(2)6-7-21(19)24-18(20)3/h6-7,14-16H,4-5,8-13H2,1-3H3,(H,23,26). The van der Waals surface area contributed by atoms with E-state index in [1.807, 2.05) is 19.1 Å². The van der Waals surface area contributed by atoms with Crippen LogP contribution in [0.15, 0.2) is 24.3 Å². The first-order valence-corrected chi connectivity index (χ1v) is 9.91. The number of amides is 1. The molecule has 0 bridgehead atoms. The van der Waals surface area contributed by atoms with E-state index in [0.717, 1.165) is 48.4 Å². The molecule has 0 aliphatic carbocycles. The van der Waals surface area contributed by atoms with E-state index < -0.39 is 0 Å². The Morgan fingerprint density at radius 1 is 1.19 bits per heavy atom. The third-order valence-electron chi connectivity index (χ3n) is 5.47. The number of hydrogen-bond acceptors (Lipinski definition) is 3. The van der Waals surface area contributed by atoms with E-state index in [1.54, 1.807) is 0 Å². The molecule has 1 aromatic heterocycles. The predicted molar refractivity (Wildman–Crippen MR) is 108 cm³/mol. The minimum atomic E-state index is -0.00907. The van der Waals surface area contributed by atoms with Gasteiger partial charge in [0.1, 0.15) is 0 Å². The van der Waals surface area contributed by atoms with Crippen molar-refractivity contribution in [3.63, 3.8) is 0 Å². The molecule has 4 nitrogen and oxygen atoms in total. The summed E-state index contributed by atoms with van der Waals surface area (Å²) >= 11 is 0. The van der Waals surface area contributed by atoms with Gasteiger partial charge < -0.3 is 10.2 Å². The highest BCUT2D eigenvalue weighted by atomic mass is 16.1. The molecule has 1 N–H and O–H groups in total. The van der Waals surface area contributed by atoms with Crippen molar-refractivity contribution in [1.82, 2.24) is 15.2 Å². The summed E-state index contributed by atoms with van der Waals surface area (Å²) in [7, 11) is 0. The Bertz CT molecular complexity index is 763. The Morgan fingerprint density at radius 2 is 1.96 bits per heavy atom. The summed E-state index contributed by atoms with van der Waals surface area (Å²) in [6, 6.07) is 8.12. The van der Waals surface area contributed by atoms with E-state index in [-0.39, 0.29) is 5.91 Å². The van der Waals surface area contributed by atoms with Crippen molar-refractivity contribution in [3.05, 3.63) is 41.1 Å². The Hall–Kier alpha value is -1.94. The number of carbonyl (C=O) groups is 1. The van der Waals surface area contributed by atoms with Crippen LogP contribution in [0.4, 0.5) is 0 Å². The first-order chi connectivity index (χ1) is 12.5. The Labute approximate surface area is 157 Å². The van der Waals surface area contributed by atoms with Crippen molar-refractivity contribution in [2.45, 2.75) is 46.5 Å². The summed E-state index contributed by atoms with van der Waals surface area (Å²) in [5.74, 6) is 0.873. The van der Waals surface area contributed by atoms with Crippen molar-refractivity contribution < 1.29 is 4.79 Å². The van der Waals surface area contributed by atoms with Gasteiger partial charge in [-0.15, -0.1) is 0 Å². The zero-order valence-corrected chi connectivity index (χ0v) is 16.3. The molecule has 140 valence electrons. The maximum absolute atomic E-state index is 12.5. The number of pyridine rings is 1. The van der Waals surface area contributed by atoms with Gasteiger partial charge in [-0.3, -0.25) is 9.78 Å². The second-order valence-electron chi connectivity index (χ2n) is 7.80. The van der Waals surface area contributed by atoms with Gasteiger partial charge in [-0.25, -0.2) is 0 Å².